The van der Waals surface area contributed by atoms with E-state index in [1.807, 2.05) is 36.4 Å². The second-order valence-electron chi connectivity index (χ2n) is 21.2. The Bertz CT molecular complexity index is 1690. The molecule has 0 aliphatic heterocycles. The third-order valence-electron chi connectivity index (χ3n) is 14.3. The first kappa shape index (κ1) is 64.1. The third kappa shape index (κ3) is 29.1. The van der Waals surface area contributed by atoms with E-state index in [0.29, 0.717) is 90.0 Å². The molecule has 8 nitrogen and oxygen atoms in total. The number of phenols is 3. The molecule has 0 fully saturated rings. The minimum Gasteiger partial charge on any atom is -0.507 e. The van der Waals surface area contributed by atoms with E-state index in [1.165, 1.54) is 141 Å². The molecule has 0 heterocycles. The van der Waals surface area contributed by atoms with Crippen LogP contribution in [-0.2, 0) is 69.6 Å². The van der Waals surface area contributed by atoms with Crippen LogP contribution in [0, 0.1) is 0 Å². The number of hydrogen-bond acceptors (Lipinski definition) is 8. The van der Waals surface area contributed by atoms with Gasteiger partial charge in [-0.1, -0.05) is 195 Å². The Kier molecular flexibility index (Phi) is 37.8. The summed E-state index contributed by atoms with van der Waals surface area (Å²) in [6.07, 6.45) is 36.5. The molecule has 0 radical (unpaired) electrons. The highest BCUT2D eigenvalue weighted by atomic mass is 16.5. The van der Waals surface area contributed by atoms with Gasteiger partial charge in [0.15, 0.2) is 0 Å². The molecule has 3 N–H and O–H groups in total. The fourth-order valence-corrected chi connectivity index (χ4v) is 9.77. The maximum Gasteiger partial charge on any atom is 0.124 e. The monoisotopic (exact) mass is 1020 g/mol. The molecule has 3 aromatic rings. The molecule has 8 heteroatoms. The normalized spacial score (nSPS) is 11.6. The number of benzene rings is 3. The summed E-state index contributed by atoms with van der Waals surface area (Å²) in [6, 6.07) is 12.2. The van der Waals surface area contributed by atoms with Gasteiger partial charge in [-0.2, -0.15) is 0 Å². The summed E-state index contributed by atoms with van der Waals surface area (Å²) in [5.74, 6) is 0.560. The summed E-state index contributed by atoms with van der Waals surface area (Å²) >= 11 is 0. The van der Waals surface area contributed by atoms with Gasteiger partial charge in [0.25, 0.3) is 0 Å². The molecular weight excluding hydrogens is 909 g/mol. The van der Waals surface area contributed by atoms with Crippen molar-refractivity contribution < 1.29 is 39.0 Å². The fraction of sp³-hybridized carbons (Fsp3) is 0.723. The lowest BCUT2D eigenvalue weighted by molar-refractivity contribution is 0.111. The standard InChI is InChI=1S/C65H108O8/c1-6-11-16-21-26-31-36-69-49-54-41-57(47-59-43-55(50-70-37-32-27-22-17-12-7-2)45-61(64(59)67)52-72-39-34-29-24-19-14-9-4)63(66)58(42-54)48-60-44-56(51-71-38-33-28-23-18-13-8-3)46-62(65(60)68)53-73-40-35-30-25-20-15-10-5/h41-46,66-68H,6-40,47-53H2,1-5H3. The predicted octanol–water partition coefficient (Wildman–Crippen LogP) is 18.4. The number of aromatic hydroxyl groups is 3. The number of ether oxygens (including phenoxy) is 5. The average molecular weight is 1020 g/mol. The van der Waals surface area contributed by atoms with E-state index >= 15 is 0 Å². The number of phenolic OH excluding ortho intramolecular Hbond substituents is 3. The summed E-state index contributed by atoms with van der Waals surface area (Å²) in [4.78, 5) is 0. The molecule has 3 rings (SSSR count). The Hall–Kier alpha value is -3.14. The van der Waals surface area contributed by atoms with E-state index in [1.54, 1.807) is 0 Å². The summed E-state index contributed by atoms with van der Waals surface area (Å²) in [7, 11) is 0. The van der Waals surface area contributed by atoms with Crippen molar-refractivity contribution in [3.63, 3.8) is 0 Å². The van der Waals surface area contributed by atoms with E-state index in [9.17, 15) is 15.3 Å². The van der Waals surface area contributed by atoms with Crippen molar-refractivity contribution in [3.05, 3.63) is 86.5 Å². The zero-order valence-electron chi connectivity index (χ0n) is 47.5. The molecule has 0 atom stereocenters. The van der Waals surface area contributed by atoms with Crippen LogP contribution in [0.3, 0.4) is 0 Å². The van der Waals surface area contributed by atoms with Crippen LogP contribution < -0.4 is 0 Å². The number of hydrogen-bond donors (Lipinski definition) is 3. The van der Waals surface area contributed by atoms with Crippen LogP contribution in [0.2, 0.25) is 0 Å². The minimum atomic E-state index is 0.162. The van der Waals surface area contributed by atoms with E-state index in [-0.39, 0.29) is 17.2 Å². The van der Waals surface area contributed by atoms with Gasteiger partial charge in [0.2, 0.25) is 0 Å². The third-order valence-corrected chi connectivity index (χ3v) is 14.3. The van der Waals surface area contributed by atoms with Gasteiger partial charge < -0.3 is 39.0 Å². The Labute approximate surface area is 447 Å². The largest absolute Gasteiger partial charge is 0.507 e. The van der Waals surface area contributed by atoms with E-state index < -0.39 is 0 Å². The Morgan fingerprint density at radius 3 is 0.685 bits per heavy atom. The summed E-state index contributed by atoms with van der Waals surface area (Å²) in [5.41, 5.74) is 7.27. The van der Waals surface area contributed by atoms with E-state index in [0.717, 1.165) is 90.3 Å². The zero-order valence-corrected chi connectivity index (χ0v) is 47.5. The van der Waals surface area contributed by atoms with E-state index in [4.69, 9.17) is 23.7 Å². The van der Waals surface area contributed by atoms with Gasteiger partial charge in [0, 0.05) is 57.0 Å². The number of rotatable bonds is 49. The van der Waals surface area contributed by atoms with Crippen LogP contribution in [0.1, 0.15) is 277 Å². The molecular formula is C65H108O8. The zero-order chi connectivity index (χ0) is 52.4. The van der Waals surface area contributed by atoms with Gasteiger partial charge in [0.05, 0.1) is 33.0 Å². The summed E-state index contributed by atoms with van der Waals surface area (Å²) in [5, 5.41) is 36.2. The second-order valence-corrected chi connectivity index (χ2v) is 21.2. The molecule has 0 amide bonds. The van der Waals surface area contributed by atoms with Crippen molar-refractivity contribution in [1.82, 2.24) is 0 Å². The van der Waals surface area contributed by atoms with Crippen molar-refractivity contribution in [1.29, 1.82) is 0 Å². The highest BCUT2D eigenvalue weighted by Gasteiger charge is 2.19. The van der Waals surface area contributed by atoms with Gasteiger partial charge in [-0.05, 0) is 107 Å². The van der Waals surface area contributed by atoms with Gasteiger partial charge in [-0.3, -0.25) is 0 Å². The summed E-state index contributed by atoms with van der Waals surface area (Å²) < 4.78 is 31.2. The van der Waals surface area contributed by atoms with Crippen LogP contribution in [0.15, 0.2) is 36.4 Å². The highest BCUT2D eigenvalue weighted by Crippen LogP contribution is 2.36. The molecule has 0 saturated heterocycles. The maximum atomic E-state index is 12.3. The second kappa shape index (κ2) is 43.0. The molecule has 0 saturated carbocycles. The molecule has 3 aromatic carbocycles. The smallest absolute Gasteiger partial charge is 0.124 e. The van der Waals surface area contributed by atoms with Crippen LogP contribution in [0.5, 0.6) is 17.2 Å². The van der Waals surface area contributed by atoms with Gasteiger partial charge in [-0.25, -0.2) is 0 Å². The molecule has 416 valence electrons. The molecule has 0 unspecified atom stereocenters. The SMILES string of the molecule is CCCCCCCCOCc1cc(COCCCCCCCC)c(O)c(Cc2cc(COCCCCCCCC)cc(Cc3cc(COCCCCCCCC)cc(COCCCCCCCC)c3O)c2O)c1. The fourth-order valence-electron chi connectivity index (χ4n) is 9.77. The van der Waals surface area contributed by atoms with Crippen molar-refractivity contribution >= 4 is 0 Å². The lowest BCUT2D eigenvalue weighted by atomic mass is 9.92. The van der Waals surface area contributed by atoms with Crippen LogP contribution in [-0.4, -0.2) is 48.4 Å². The molecule has 0 spiro atoms. The minimum absolute atomic E-state index is 0.162. The van der Waals surface area contributed by atoms with Gasteiger partial charge in [-0.15, -0.1) is 0 Å². The molecule has 0 bridgehead atoms. The first-order valence-corrected chi connectivity index (χ1v) is 30.2. The maximum absolute atomic E-state index is 12.3. The molecule has 73 heavy (non-hydrogen) atoms. The lowest BCUT2D eigenvalue weighted by Gasteiger charge is -2.18. The van der Waals surface area contributed by atoms with Crippen LogP contribution in [0.4, 0.5) is 0 Å². The van der Waals surface area contributed by atoms with Crippen LogP contribution in [0.25, 0.3) is 0 Å². The average Bonchev–Trinajstić information content (AvgIpc) is 3.39. The van der Waals surface area contributed by atoms with Crippen LogP contribution >= 0.6 is 0 Å². The molecule has 0 aliphatic carbocycles. The van der Waals surface area contributed by atoms with Crippen molar-refractivity contribution in [2.24, 2.45) is 0 Å². The lowest BCUT2D eigenvalue weighted by Crippen LogP contribution is -2.05. The van der Waals surface area contributed by atoms with Gasteiger partial charge >= 0.3 is 0 Å². The quantitative estimate of drug-likeness (QED) is 0.0480. The molecule has 0 aromatic heterocycles. The van der Waals surface area contributed by atoms with Gasteiger partial charge in [0.1, 0.15) is 17.2 Å². The first-order valence-electron chi connectivity index (χ1n) is 30.2. The Morgan fingerprint density at radius 1 is 0.247 bits per heavy atom. The number of unbranched alkanes of at least 4 members (excludes halogenated alkanes) is 25. The summed E-state index contributed by atoms with van der Waals surface area (Å²) in [6.45, 7) is 16.5. The van der Waals surface area contributed by atoms with Crippen molar-refractivity contribution in [2.75, 3.05) is 33.0 Å². The van der Waals surface area contributed by atoms with Crippen molar-refractivity contribution in [3.8, 4) is 17.2 Å². The predicted molar refractivity (Wildman–Crippen MR) is 305 cm³/mol. The first-order chi connectivity index (χ1) is 35.8. The molecule has 0 aliphatic rings. The topological polar surface area (TPSA) is 107 Å². The highest BCUT2D eigenvalue weighted by molar-refractivity contribution is 5.53. The van der Waals surface area contributed by atoms with E-state index in [2.05, 4.69) is 34.6 Å². The van der Waals surface area contributed by atoms with Crippen molar-refractivity contribution in [2.45, 2.75) is 273 Å². The Balaban J connectivity index is 1.95. The Morgan fingerprint density at radius 2 is 0.438 bits per heavy atom.